The van der Waals surface area contributed by atoms with E-state index in [-0.39, 0.29) is 17.1 Å². The molecular weight excluding hydrogens is 258 g/mol. The molecule has 20 heavy (non-hydrogen) atoms. The molecule has 0 bridgehead atoms. The van der Waals surface area contributed by atoms with Gasteiger partial charge in [0.05, 0.1) is 5.60 Å². The zero-order chi connectivity index (χ0) is 14.8. The third-order valence-corrected chi connectivity index (χ3v) is 3.38. The third-order valence-electron chi connectivity index (χ3n) is 3.38. The van der Waals surface area contributed by atoms with Crippen molar-refractivity contribution < 1.29 is 14.0 Å². The molecular formula is C14H25N3O3. The van der Waals surface area contributed by atoms with Gasteiger partial charge in [0.1, 0.15) is 12.7 Å². The number of hydrogen-bond donors (Lipinski definition) is 1. The van der Waals surface area contributed by atoms with Crippen LogP contribution in [0.3, 0.4) is 0 Å². The minimum absolute atomic E-state index is 0.0815. The van der Waals surface area contributed by atoms with Crippen molar-refractivity contribution in [2.24, 2.45) is 5.41 Å². The largest absolute Gasteiger partial charge is 0.370 e. The minimum atomic E-state index is -0.175. The molecule has 1 aromatic heterocycles. The lowest BCUT2D eigenvalue weighted by Gasteiger charge is -2.38. The summed E-state index contributed by atoms with van der Waals surface area (Å²) >= 11 is 0. The van der Waals surface area contributed by atoms with Gasteiger partial charge in [-0.25, -0.2) is 0 Å². The molecule has 1 aliphatic heterocycles. The van der Waals surface area contributed by atoms with Crippen LogP contribution in [0.1, 0.15) is 52.4 Å². The van der Waals surface area contributed by atoms with Crippen LogP contribution in [0, 0.1) is 5.41 Å². The van der Waals surface area contributed by atoms with Crippen molar-refractivity contribution in [2.45, 2.75) is 52.9 Å². The smallest absolute Gasteiger partial charge is 0.252 e. The Kier molecular flexibility index (Phi) is 4.46. The van der Waals surface area contributed by atoms with Crippen LogP contribution in [0.25, 0.3) is 0 Å². The molecule has 1 aliphatic rings. The molecule has 114 valence electrons. The van der Waals surface area contributed by atoms with Crippen LogP contribution in [0.2, 0.25) is 0 Å². The molecule has 2 heterocycles. The van der Waals surface area contributed by atoms with Crippen LogP contribution in [-0.2, 0) is 16.1 Å². The summed E-state index contributed by atoms with van der Waals surface area (Å²) in [6.45, 7) is 13.0. The summed E-state index contributed by atoms with van der Waals surface area (Å²) in [5.74, 6) is 1.09. The Hall–Kier alpha value is -0.980. The number of nitrogens with one attached hydrogen (secondary N) is 1. The number of hydrogen-bond acceptors (Lipinski definition) is 6. The van der Waals surface area contributed by atoms with E-state index in [2.05, 4.69) is 43.2 Å². The van der Waals surface area contributed by atoms with Crippen LogP contribution in [0.5, 0.6) is 0 Å². The highest BCUT2D eigenvalue weighted by Gasteiger charge is 2.34. The highest BCUT2D eigenvalue weighted by molar-refractivity contribution is 4.97. The molecule has 0 spiro atoms. The molecule has 1 saturated heterocycles. The molecule has 6 nitrogen and oxygen atoms in total. The molecule has 0 radical (unpaired) electrons. The second-order valence-electron chi connectivity index (χ2n) is 6.59. The van der Waals surface area contributed by atoms with Gasteiger partial charge in [0, 0.05) is 19.7 Å². The Morgan fingerprint density at radius 1 is 1.40 bits per heavy atom. The van der Waals surface area contributed by atoms with E-state index < -0.39 is 0 Å². The van der Waals surface area contributed by atoms with Crippen LogP contribution in [-0.4, -0.2) is 35.4 Å². The fraction of sp³-hybridized carbons (Fsp3) is 0.857. The van der Waals surface area contributed by atoms with Gasteiger partial charge in [0.15, 0.2) is 0 Å². The van der Waals surface area contributed by atoms with Crippen molar-refractivity contribution in [1.82, 2.24) is 15.5 Å². The quantitative estimate of drug-likeness (QED) is 0.862. The molecule has 0 aromatic carbocycles. The van der Waals surface area contributed by atoms with Gasteiger partial charge >= 0.3 is 0 Å². The Balaban J connectivity index is 1.99. The molecule has 1 fully saturated rings. The number of aromatic nitrogens is 2. The van der Waals surface area contributed by atoms with Gasteiger partial charge in [-0.3, -0.25) is 0 Å². The minimum Gasteiger partial charge on any atom is -0.370 e. The molecule has 0 saturated carbocycles. The van der Waals surface area contributed by atoms with E-state index in [1.165, 1.54) is 0 Å². The van der Waals surface area contributed by atoms with Crippen LogP contribution < -0.4 is 5.32 Å². The topological polar surface area (TPSA) is 69.4 Å². The second kappa shape index (κ2) is 5.79. The molecule has 0 aliphatic carbocycles. The zero-order valence-electron chi connectivity index (χ0n) is 13.0. The predicted octanol–water partition coefficient (Wildman–Crippen LogP) is 2.07. The normalized spacial score (nSPS) is 19.6. The number of rotatable bonds is 6. The molecule has 6 heteroatoms. The third kappa shape index (κ3) is 3.56. The summed E-state index contributed by atoms with van der Waals surface area (Å²) in [7, 11) is 0. The average Bonchev–Trinajstić information content (AvgIpc) is 2.78. The average molecular weight is 283 g/mol. The first-order chi connectivity index (χ1) is 9.34. The molecule has 0 amide bonds. The SMILES string of the molecule is CCOC(c1noc(COC2(C)CNC2)n1)C(C)(C)C. The van der Waals surface area contributed by atoms with E-state index in [0.29, 0.717) is 24.9 Å². The summed E-state index contributed by atoms with van der Waals surface area (Å²) in [5.41, 5.74) is -0.195. The Morgan fingerprint density at radius 3 is 2.60 bits per heavy atom. The monoisotopic (exact) mass is 283 g/mol. The highest BCUT2D eigenvalue weighted by Crippen LogP contribution is 2.34. The van der Waals surface area contributed by atoms with Gasteiger partial charge in [-0.2, -0.15) is 4.98 Å². The maximum atomic E-state index is 5.79. The first-order valence-corrected chi connectivity index (χ1v) is 7.13. The van der Waals surface area contributed by atoms with Crippen LogP contribution in [0.4, 0.5) is 0 Å². The number of nitrogens with zero attached hydrogens (tertiary/aromatic N) is 2. The van der Waals surface area contributed by atoms with Crippen molar-refractivity contribution >= 4 is 0 Å². The predicted molar refractivity (Wildman–Crippen MR) is 74.2 cm³/mol. The first-order valence-electron chi connectivity index (χ1n) is 7.13. The molecule has 1 unspecified atom stereocenters. The molecule has 2 rings (SSSR count). The van der Waals surface area contributed by atoms with Crippen LogP contribution in [0.15, 0.2) is 4.52 Å². The van der Waals surface area contributed by atoms with Gasteiger partial charge in [0.25, 0.3) is 5.89 Å². The van der Waals surface area contributed by atoms with Gasteiger partial charge in [-0.1, -0.05) is 25.9 Å². The Morgan fingerprint density at radius 2 is 2.10 bits per heavy atom. The summed E-state index contributed by atoms with van der Waals surface area (Å²) in [6.07, 6.45) is -0.175. The Labute approximate surface area is 120 Å². The molecule has 1 atom stereocenters. The second-order valence-corrected chi connectivity index (χ2v) is 6.59. The summed E-state index contributed by atoms with van der Waals surface area (Å²) in [4.78, 5) is 4.41. The highest BCUT2D eigenvalue weighted by atomic mass is 16.5. The lowest BCUT2D eigenvalue weighted by Crippen LogP contribution is -2.58. The lowest BCUT2D eigenvalue weighted by molar-refractivity contribution is -0.0841. The lowest BCUT2D eigenvalue weighted by atomic mass is 9.88. The van der Waals surface area contributed by atoms with E-state index in [4.69, 9.17) is 14.0 Å². The van der Waals surface area contributed by atoms with E-state index in [1.807, 2.05) is 6.92 Å². The van der Waals surface area contributed by atoms with E-state index >= 15 is 0 Å². The summed E-state index contributed by atoms with van der Waals surface area (Å²) < 4.78 is 16.8. The van der Waals surface area contributed by atoms with Crippen molar-refractivity contribution in [1.29, 1.82) is 0 Å². The number of ether oxygens (including phenoxy) is 2. The standard InChI is InChI=1S/C14H25N3O3/c1-6-18-11(13(2,3)4)12-16-10(20-17-12)7-19-14(5)8-15-9-14/h11,15H,6-9H2,1-5H3. The van der Waals surface area contributed by atoms with Crippen molar-refractivity contribution in [3.8, 4) is 0 Å². The van der Waals surface area contributed by atoms with Gasteiger partial charge in [-0.15, -0.1) is 0 Å². The van der Waals surface area contributed by atoms with Gasteiger partial charge < -0.3 is 19.3 Å². The van der Waals surface area contributed by atoms with Crippen molar-refractivity contribution in [2.75, 3.05) is 19.7 Å². The maximum absolute atomic E-state index is 5.79. The van der Waals surface area contributed by atoms with Gasteiger partial charge in [-0.05, 0) is 19.3 Å². The van der Waals surface area contributed by atoms with Crippen molar-refractivity contribution in [3.05, 3.63) is 11.7 Å². The fourth-order valence-corrected chi connectivity index (χ4v) is 2.13. The Bertz CT molecular complexity index is 435. The van der Waals surface area contributed by atoms with Crippen molar-refractivity contribution in [3.63, 3.8) is 0 Å². The summed E-state index contributed by atoms with van der Waals surface area (Å²) in [6, 6.07) is 0. The molecule has 1 aromatic rings. The van der Waals surface area contributed by atoms with E-state index in [0.717, 1.165) is 13.1 Å². The summed E-state index contributed by atoms with van der Waals surface area (Å²) in [5, 5.41) is 7.23. The fourth-order valence-electron chi connectivity index (χ4n) is 2.13. The van der Waals surface area contributed by atoms with Gasteiger partial charge in [0.2, 0.25) is 5.82 Å². The zero-order valence-corrected chi connectivity index (χ0v) is 13.0. The molecule has 1 N–H and O–H groups in total. The first kappa shape index (κ1) is 15.4. The van der Waals surface area contributed by atoms with Crippen LogP contribution >= 0.6 is 0 Å². The van der Waals surface area contributed by atoms with E-state index in [9.17, 15) is 0 Å². The van der Waals surface area contributed by atoms with E-state index in [1.54, 1.807) is 0 Å². The maximum Gasteiger partial charge on any atom is 0.252 e.